The highest BCUT2D eigenvalue weighted by atomic mass is 16.6. The molecule has 2 amide bonds. The summed E-state index contributed by atoms with van der Waals surface area (Å²) in [6.45, 7) is 1.14. The molecule has 9 heteroatoms. The number of anilines is 1. The van der Waals surface area contributed by atoms with Crippen LogP contribution >= 0.6 is 0 Å². The van der Waals surface area contributed by atoms with Gasteiger partial charge in [-0.15, -0.1) is 0 Å². The maximum atomic E-state index is 11.0. The average Bonchev–Trinajstić information content (AvgIpc) is 2.65. The minimum Gasteiger partial charge on any atom is -0.384 e. The van der Waals surface area contributed by atoms with Gasteiger partial charge in [-0.25, -0.2) is 4.63 Å². The van der Waals surface area contributed by atoms with Crippen molar-refractivity contribution in [3.63, 3.8) is 0 Å². The molecule has 9 nitrogen and oxygen atoms in total. The Labute approximate surface area is 88.8 Å². The van der Waals surface area contributed by atoms with Crippen LogP contribution in [0.3, 0.4) is 0 Å². The molecular formula is C7H7N5O4. The normalized spacial score (nSPS) is 14.8. The second-order valence-electron chi connectivity index (χ2n) is 2.90. The molecule has 0 spiro atoms. The summed E-state index contributed by atoms with van der Waals surface area (Å²) < 4.78 is 4.43. The Hall–Kier alpha value is -2.45. The molecule has 0 radical (unpaired) electrons. The fourth-order valence-corrected chi connectivity index (χ4v) is 1.04. The quantitative estimate of drug-likeness (QED) is 0.655. The van der Waals surface area contributed by atoms with E-state index in [0.29, 0.717) is 0 Å². The summed E-state index contributed by atoms with van der Waals surface area (Å²) in [7, 11) is 0. The van der Waals surface area contributed by atoms with Gasteiger partial charge in [0.05, 0.1) is 0 Å². The molecule has 1 aromatic heterocycles. The Bertz CT molecular complexity index is 465. The van der Waals surface area contributed by atoms with Crippen molar-refractivity contribution in [1.29, 1.82) is 0 Å². The third kappa shape index (κ3) is 1.97. The van der Waals surface area contributed by atoms with Gasteiger partial charge in [-0.05, 0) is 10.3 Å². The maximum absolute atomic E-state index is 11.0. The van der Waals surface area contributed by atoms with E-state index in [4.69, 9.17) is 0 Å². The van der Waals surface area contributed by atoms with Gasteiger partial charge in [-0.3, -0.25) is 9.59 Å². The minimum absolute atomic E-state index is 0.0428. The van der Waals surface area contributed by atoms with Gasteiger partial charge in [0.1, 0.15) is 0 Å². The van der Waals surface area contributed by atoms with E-state index >= 15 is 0 Å². The van der Waals surface area contributed by atoms with Gasteiger partial charge in [-0.2, -0.15) is 0 Å². The van der Waals surface area contributed by atoms with Crippen LogP contribution in [0.1, 0.15) is 12.6 Å². The van der Waals surface area contributed by atoms with Crippen LogP contribution in [0.5, 0.6) is 0 Å². The van der Waals surface area contributed by atoms with Crippen molar-refractivity contribution in [3.8, 4) is 0 Å². The van der Waals surface area contributed by atoms with Crippen molar-refractivity contribution in [3.05, 3.63) is 5.69 Å². The smallest absolute Gasteiger partial charge is 0.266 e. The molecule has 0 atom stereocenters. The maximum Gasteiger partial charge on any atom is 0.266 e. The zero-order chi connectivity index (χ0) is 11.5. The third-order valence-corrected chi connectivity index (χ3v) is 1.62. The second-order valence-corrected chi connectivity index (χ2v) is 2.90. The van der Waals surface area contributed by atoms with Crippen molar-refractivity contribution in [2.24, 2.45) is 5.16 Å². The molecule has 2 rings (SSSR count). The lowest BCUT2D eigenvalue weighted by atomic mass is 10.3. The highest BCUT2D eigenvalue weighted by Crippen LogP contribution is 2.11. The van der Waals surface area contributed by atoms with Gasteiger partial charge in [-0.1, -0.05) is 5.16 Å². The third-order valence-electron chi connectivity index (χ3n) is 1.62. The van der Waals surface area contributed by atoms with Crippen LogP contribution in [-0.4, -0.2) is 34.6 Å². The molecule has 2 N–H and O–H groups in total. The molecule has 84 valence electrons. The molecule has 1 aliphatic rings. The van der Waals surface area contributed by atoms with Crippen molar-refractivity contribution in [2.45, 2.75) is 6.92 Å². The van der Waals surface area contributed by atoms with Crippen molar-refractivity contribution >= 4 is 23.5 Å². The fraction of sp³-hybridized carbons (Fsp3) is 0.286. The molecule has 0 bridgehead atoms. The molecular weight excluding hydrogens is 218 g/mol. The predicted molar refractivity (Wildman–Crippen MR) is 49.2 cm³/mol. The van der Waals surface area contributed by atoms with E-state index in [1.807, 2.05) is 0 Å². The van der Waals surface area contributed by atoms with Crippen LogP contribution < -0.4 is 10.6 Å². The fourth-order valence-electron chi connectivity index (χ4n) is 1.04. The highest BCUT2D eigenvalue weighted by molar-refractivity contribution is 6.11. The Morgan fingerprint density at radius 1 is 1.50 bits per heavy atom. The van der Waals surface area contributed by atoms with Gasteiger partial charge in [0.2, 0.25) is 17.6 Å². The van der Waals surface area contributed by atoms with Crippen molar-refractivity contribution in [2.75, 3.05) is 11.9 Å². The summed E-state index contributed by atoms with van der Waals surface area (Å²) in [4.78, 5) is 26.5. The molecule has 0 unspecified atom stereocenters. The largest absolute Gasteiger partial charge is 0.384 e. The van der Waals surface area contributed by atoms with Gasteiger partial charge in [0.15, 0.2) is 12.3 Å². The van der Waals surface area contributed by atoms with Gasteiger partial charge in [0.25, 0.3) is 5.91 Å². The molecule has 0 aliphatic carbocycles. The molecule has 2 heterocycles. The van der Waals surface area contributed by atoms with Crippen LogP contribution in [0.15, 0.2) is 9.78 Å². The van der Waals surface area contributed by atoms with Crippen LogP contribution in [0, 0.1) is 0 Å². The summed E-state index contributed by atoms with van der Waals surface area (Å²) >= 11 is 0. The molecule has 0 aromatic carbocycles. The molecule has 1 aliphatic heterocycles. The van der Waals surface area contributed by atoms with Crippen molar-refractivity contribution < 1.29 is 19.1 Å². The molecule has 0 fully saturated rings. The average molecular weight is 225 g/mol. The Balaban J connectivity index is 2.26. The summed E-state index contributed by atoms with van der Waals surface area (Å²) in [6.07, 6.45) is 0. The van der Waals surface area contributed by atoms with Gasteiger partial charge >= 0.3 is 0 Å². The van der Waals surface area contributed by atoms with E-state index in [-0.39, 0.29) is 35.8 Å². The lowest BCUT2D eigenvalue weighted by Gasteiger charge is -2.10. The Morgan fingerprint density at radius 3 is 3.00 bits per heavy atom. The van der Waals surface area contributed by atoms with Crippen LogP contribution in [0.4, 0.5) is 5.82 Å². The number of hydrogen-bond acceptors (Lipinski definition) is 7. The summed E-state index contributed by atoms with van der Waals surface area (Å²) in [6, 6.07) is 0. The molecule has 0 saturated heterocycles. The van der Waals surface area contributed by atoms with Crippen molar-refractivity contribution in [1.82, 2.24) is 15.6 Å². The number of carbonyl (C=O) groups excluding carboxylic acids is 2. The summed E-state index contributed by atoms with van der Waals surface area (Å²) in [5, 5.41) is 15.3. The molecule has 1 aromatic rings. The number of rotatable bonds is 2. The monoisotopic (exact) mass is 225 g/mol. The first-order chi connectivity index (χ1) is 7.66. The first-order valence-electron chi connectivity index (χ1n) is 4.27. The number of carbonyl (C=O) groups is 2. The van der Waals surface area contributed by atoms with E-state index in [2.05, 4.69) is 35.6 Å². The van der Waals surface area contributed by atoms with Gasteiger partial charge < -0.3 is 15.5 Å². The van der Waals surface area contributed by atoms with Crippen LogP contribution in [0.25, 0.3) is 0 Å². The first kappa shape index (κ1) is 10.1. The molecule has 0 saturated carbocycles. The predicted octanol–water partition coefficient (Wildman–Crippen LogP) is -1.16. The van der Waals surface area contributed by atoms with E-state index in [1.54, 1.807) is 0 Å². The first-order valence-corrected chi connectivity index (χ1v) is 4.27. The number of amidine groups is 1. The second kappa shape index (κ2) is 3.96. The minimum atomic E-state index is -0.373. The molecule has 16 heavy (non-hydrogen) atoms. The topological polar surface area (TPSA) is 119 Å². The zero-order valence-electron chi connectivity index (χ0n) is 8.18. The standard InChI is InChI=1S/C7H7N5O4/c1-3(13)8-6-5(10-16-12-6)7-9-4(14)2-15-11-7/h2H2,1H3,(H,8,12,13)(H,9,11,14). The zero-order valence-corrected chi connectivity index (χ0v) is 8.18. The number of nitrogens with zero attached hydrogens (tertiary/aromatic N) is 3. The number of oxime groups is 1. The van der Waals surface area contributed by atoms with Crippen LogP contribution in [0.2, 0.25) is 0 Å². The van der Waals surface area contributed by atoms with Crippen LogP contribution in [-0.2, 0) is 14.4 Å². The number of hydrogen-bond donors (Lipinski definition) is 2. The highest BCUT2D eigenvalue weighted by Gasteiger charge is 2.23. The SMILES string of the molecule is CC(=O)Nc1nonc1C1=NOCC(=O)N1. The van der Waals surface area contributed by atoms with E-state index in [1.165, 1.54) is 6.92 Å². The number of nitrogens with one attached hydrogen (secondary N) is 2. The Morgan fingerprint density at radius 2 is 2.31 bits per heavy atom. The summed E-state index contributed by atoms with van der Waals surface area (Å²) in [5.74, 6) is -0.610. The number of amides is 2. The van der Waals surface area contributed by atoms with E-state index in [9.17, 15) is 9.59 Å². The Kier molecular flexibility index (Phi) is 2.50. The summed E-state index contributed by atoms with van der Waals surface area (Å²) in [5.41, 5.74) is 0.100. The van der Waals surface area contributed by atoms with E-state index in [0.717, 1.165) is 0 Å². The number of aromatic nitrogens is 2. The lowest BCUT2D eigenvalue weighted by Crippen LogP contribution is -2.38. The lowest BCUT2D eigenvalue weighted by molar-refractivity contribution is -0.125. The van der Waals surface area contributed by atoms with E-state index < -0.39 is 0 Å². The van der Waals surface area contributed by atoms with Gasteiger partial charge in [0, 0.05) is 6.92 Å².